The van der Waals surface area contributed by atoms with Gasteiger partial charge < -0.3 is 24.2 Å². The van der Waals surface area contributed by atoms with Crippen LogP contribution in [0.15, 0.2) is 36.4 Å². The van der Waals surface area contributed by atoms with Crippen molar-refractivity contribution in [1.29, 1.82) is 0 Å². The molecule has 1 saturated carbocycles. The van der Waals surface area contributed by atoms with Crippen LogP contribution < -0.4 is 9.64 Å². The number of carboxylic acid groups (broad SMARTS) is 1. The maximum atomic E-state index is 11.9. The number of nitrogens with zero attached hydrogens (tertiary/aromatic N) is 3. The number of hydrogen-bond donors (Lipinski definition) is 1. The number of hydrogen-bond acceptors (Lipinski definition) is 4. The minimum atomic E-state index is -0.889. The molecule has 0 radical (unpaired) electrons. The zero-order valence-corrected chi connectivity index (χ0v) is 24.5. The van der Waals surface area contributed by atoms with Crippen molar-refractivity contribution in [2.24, 2.45) is 5.92 Å². The lowest BCUT2D eigenvalue weighted by Gasteiger charge is -2.33. The average molecular weight is 558 g/mol. The van der Waals surface area contributed by atoms with Crippen molar-refractivity contribution in [1.82, 2.24) is 9.47 Å². The molecule has 3 aromatic rings. The number of fused-ring (bicyclic) bond motifs is 5. The molecule has 2 aromatic carbocycles. The average Bonchev–Trinajstić information content (AvgIpc) is 3.19. The third-order valence-electron chi connectivity index (χ3n) is 9.76. The van der Waals surface area contributed by atoms with Gasteiger partial charge in [-0.25, -0.2) is 4.79 Å². The van der Waals surface area contributed by atoms with Gasteiger partial charge in [0.2, 0.25) is 5.91 Å². The highest BCUT2D eigenvalue weighted by Crippen LogP contribution is 2.49. The monoisotopic (exact) mass is 557 g/mol. The molecule has 1 aromatic heterocycles. The molecule has 2 fully saturated rings. The number of carbonyl (C=O) groups excluding carboxylic acids is 1. The van der Waals surface area contributed by atoms with Crippen molar-refractivity contribution >= 4 is 28.5 Å². The number of aromatic carboxylic acids is 1. The summed E-state index contributed by atoms with van der Waals surface area (Å²) in [5.41, 5.74) is 6.20. The molecule has 3 heterocycles. The number of rotatable bonds is 7. The van der Waals surface area contributed by atoms with E-state index < -0.39 is 5.97 Å². The second kappa shape index (κ2) is 11.8. The lowest BCUT2D eigenvalue weighted by Crippen LogP contribution is -2.38. The molecule has 1 N–H and O–H groups in total. The summed E-state index contributed by atoms with van der Waals surface area (Å²) in [7, 11) is 0. The predicted molar refractivity (Wildman–Crippen MR) is 163 cm³/mol. The van der Waals surface area contributed by atoms with Crippen LogP contribution in [0.5, 0.6) is 5.75 Å². The van der Waals surface area contributed by atoms with Crippen molar-refractivity contribution in [3.63, 3.8) is 0 Å². The first-order chi connectivity index (χ1) is 20.0. The predicted octanol–water partition coefficient (Wildman–Crippen LogP) is 6.92. The molecule has 1 saturated heterocycles. The Morgan fingerprint density at radius 1 is 1.02 bits per heavy atom. The van der Waals surface area contributed by atoms with Crippen LogP contribution >= 0.6 is 0 Å². The molecule has 7 nitrogen and oxygen atoms in total. The minimum absolute atomic E-state index is 0.187. The van der Waals surface area contributed by atoms with Crippen molar-refractivity contribution < 1.29 is 19.4 Å². The van der Waals surface area contributed by atoms with Crippen LogP contribution in [0.4, 0.5) is 5.69 Å². The molecule has 2 aliphatic heterocycles. The Kier molecular flexibility index (Phi) is 7.96. The maximum Gasteiger partial charge on any atom is 0.335 e. The molecular weight excluding hydrogens is 514 g/mol. The quantitative estimate of drug-likeness (QED) is 0.341. The van der Waals surface area contributed by atoms with Crippen LogP contribution in [-0.4, -0.2) is 59.2 Å². The van der Waals surface area contributed by atoms with E-state index in [1.807, 2.05) is 17.0 Å². The number of amides is 1. The normalized spacial score (nSPS) is 18.0. The summed E-state index contributed by atoms with van der Waals surface area (Å²) in [4.78, 5) is 28.1. The SMILES string of the molecule is CCN(CCC1CCN(C(C)=O)CC1)c1cccc2c1OCCn1c-2c(C2CCCCC2)c2ccc(C(=O)O)cc21. The molecule has 6 rings (SSSR count). The number of para-hydroxylation sites is 1. The van der Waals surface area contributed by atoms with Crippen molar-refractivity contribution in [2.75, 3.05) is 37.7 Å². The van der Waals surface area contributed by atoms with Gasteiger partial charge >= 0.3 is 5.97 Å². The van der Waals surface area contributed by atoms with Crippen LogP contribution in [0.2, 0.25) is 0 Å². The van der Waals surface area contributed by atoms with Gasteiger partial charge in [0.25, 0.3) is 0 Å². The number of aromatic nitrogens is 1. The van der Waals surface area contributed by atoms with Gasteiger partial charge in [-0.3, -0.25) is 4.79 Å². The number of likely N-dealkylation sites (tertiary alicyclic amines) is 1. The van der Waals surface area contributed by atoms with E-state index in [1.54, 1.807) is 13.0 Å². The van der Waals surface area contributed by atoms with E-state index in [4.69, 9.17) is 4.74 Å². The topological polar surface area (TPSA) is 75.0 Å². The van der Waals surface area contributed by atoms with Crippen LogP contribution in [0, 0.1) is 5.92 Å². The molecule has 3 aliphatic rings. The molecule has 218 valence electrons. The summed E-state index contributed by atoms with van der Waals surface area (Å²) in [5.74, 6) is 1.35. The molecule has 7 heteroatoms. The number of carboxylic acids is 1. The first-order valence-corrected chi connectivity index (χ1v) is 15.6. The lowest BCUT2D eigenvalue weighted by atomic mass is 9.81. The summed E-state index contributed by atoms with van der Waals surface area (Å²) < 4.78 is 8.92. The van der Waals surface area contributed by atoms with E-state index in [2.05, 4.69) is 34.6 Å². The second-order valence-electron chi connectivity index (χ2n) is 12.1. The van der Waals surface area contributed by atoms with Gasteiger partial charge in [0.1, 0.15) is 6.61 Å². The number of anilines is 1. The largest absolute Gasteiger partial charge is 0.489 e. The fraction of sp³-hybridized carbons (Fsp3) is 0.529. The summed E-state index contributed by atoms with van der Waals surface area (Å²) in [6.45, 7) is 8.72. The highest BCUT2D eigenvalue weighted by molar-refractivity contribution is 5.99. The second-order valence-corrected chi connectivity index (χ2v) is 12.1. The van der Waals surface area contributed by atoms with Gasteiger partial charge in [0.15, 0.2) is 5.75 Å². The summed E-state index contributed by atoms with van der Waals surface area (Å²) in [6, 6.07) is 12.2. The van der Waals surface area contributed by atoms with Crippen molar-refractivity contribution in [3.05, 3.63) is 47.5 Å². The number of ether oxygens (including phenoxy) is 1. The third kappa shape index (κ3) is 5.31. The Bertz CT molecular complexity index is 1430. The summed E-state index contributed by atoms with van der Waals surface area (Å²) in [5, 5.41) is 11.0. The molecule has 0 unspecified atom stereocenters. The summed E-state index contributed by atoms with van der Waals surface area (Å²) in [6.07, 6.45) is 9.36. The highest BCUT2D eigenvalue weighted by atomic mass is 16.5. The summed E-state index contributed by atoms with van der Waals surface area (Å²) >= 11 is 0. The smallest absolute Gasteiger partial charge is 0.335 e. The highest BCUT2D eigenvalue weighted by Gasteiger charge is 2.31. The van der Waals surface area contributed by atoms with E-state index >= 15 is 0 Å². The van der Waals surface area contributed by atoms with E-state index in [0.717, 1.165) is 68.0 Å². The van der Waals surface area contributed by atoms with Gasteiger partial charge in [-0.05, 0) is 80.7 Å². The number of carbonyl (C=O) groups is 2. The Morgan fingerprint density at radius 2 is 1.80 bits per heavy atom. The number of piperidine rings is 1. The Labute approximate surface area is 243 Å². The molecule has 1 amide bonds. The standard InChI is InChI=1S/C34H43N3O4/c1-3-35(17-14-24-15-18-36(19-16-24)23(2)38)29-11-7-10-28-32-31(25-8-5-4-6-9-25)27-13-12-26(34(39)40)22-30(27)37(32)20-21-41-33(28)29/h7,10-13,22,24-25H,3-6,8-9,14-21H2,1-2H3,(H,39,40). The van der Waals surface area contributed by atoms with Gasteiger partial charge in [0, 0.05) is 49.6 Å². The Morgan fingerprint density at radius 3 is 2.51 bits per heavy atom. The molecule has 0 atom stereocenters. The minimum Gasteiger partial charge on any atom is -0.489 e. The van der Waals surface area contributed by atoms with Gasteiger partial charge in [-0.2, -0.15) is 0 Å². The molecule has 1 aliphatic carbocycles. The lowest BCUT2D eigenvalue weighted by molar-refractivity contribution is -0.130. The zero-order valence-electron chi connectivity index (χ0n) is 24.5. The molecule has 41 heavy (non-hydrogen) atoms. The molecular formula is C34H43N3O4. The molecule has 0 spiro atoms. The van der Waals surface area contributed by atoms with Crippen LogP contribution in [-0.2, 0) is 11.3 Å². The number of benzene rings is 2. The zero-order chi connectivity index (χ0) is 28.5. The van der Waals surface area contributed by atoms with E-state index in [-0.39, 0.29) is 5.91 Å². The van der Waals surface area contributed by atoms with Crippen LogP contribution in [0.1, 0.15) is 87.1 Å². The van der Waals surface area contributed by atoms with E-state index in [0.29, 0.717) is 30.6 Å². The van der Waals surface area contributed by atoms with E-state index in [9.17, 15) is 14.7 Å². The van der Waals surface area contributed by atoms with Gasteiger partial charge in [0.05, 0.1) is 23.5 Å². The van der Waals surface area contributed by atoms with Crippen LogP contribution in [0.3, 0.4) is 0 Å². The first-order valence-electron chi connectivity index (χ1n) is 15.6. The fourth-order valence-electron chi connectivity index (χ4n) is 7.51. The van der Waals surface area contributed by atoms with E-state index in [1.165, 1.54) is 48.7 Å². The van der Waals surface area contributed by atoms with Crippen molar-refractivity contribution in [3.8, 4) is 17.0 Å². The molecule has 0 bridgehead atoms. The Balaban J connectivity index is 1.38. The first kappa shape index (κ1) is 27.7. The Hall–Kier alpha value is -3.48. The maximum absolute atomic E-state index is 11.9. The van der Waals surface area contributed by atoms with Crippen LogP contribution in [0.25, 0.3) is 22.2 Å². The fourth-order valence-corrected chi connectivity index (χ4v) is 7.51. The third-order valence-corrected chi connectivity index (χ3v) is 9.76. The van der Waals surface area contributed by atoms with Gasteiger partial charge in [-0.1, -0.05) is 31.4 Å². The van der Waals surface area contributed by atoms with Gasteiger partial charge in [-0.15, -0.1) is 0 Å². The van der Waals surface area contributed by atoms with Crippen molar-refractivity contribution in [2.45, 2.75) is 77.7 Å².